The summed E-state index contributed by atoms with van der Waals surface area (Å²) in [5, 5.41) is 8.88. The van der Waals surface area contributed by atoms with Gasteiger partial charge >= 0.3 is 12.6 Å². The van der Waals surface area contributed by atoms with E-state index in [0.29, 0.717) is 12.0 Å². The maximum absolute atomic E-state index is 12.0. The molecule has 0 radical (unpaired) electrons. The first-order valence-corrected chi connectivity index (χ1v) is 5.96. The van der Waals surface area contributed by atoms with E-state index in [1.165, 1.54) is 12.1 Å². The molecule has 1 aromatic rings. The fourth-order valence-electron chi connectivity index (χ4n) is 1.89. The number of carbonyl (C=O) groups is 1. The predicted molar refractivity (Wildman–Crippen MR) is 66.3 cm³/mol. The molecule has 19 heavy (non-hydrogen) atoms. The van der Waals surface area contributed by atoms with E-state index < -0.39 is 12.6 Å². The SMILES string of the molecule is CCC(N)C(CC(=O)O)c1ccc(OC(F)F)cc1. The number of nitrogens with two attached hydrogens (primary N) is 1. The Morgan fingerprint density at radius 2 is 1.95 bits per heavy atom. The quantitative estimate of drug-likeness (QED) is 0.801. The first kappa shape index (κ1) is 15.4. The highest BCUT2D eigenvalue weighted by Crippen LogP contribution is 2.26. The summed E-state index contributed by atoms with van der Waals surface area (Å²) in [5.74, 6) is -1.25. The highest BCUT2D eigenvalue weighted by molar-refractivity contribution is 5.68. The van der Waals surface area contributed by atoms with Gasteiger partial charge in [-0.05, 0) is 24.1 Å². The van der Waals surface area contributed by atoms with Crippen LogP contribution in [-0.2, 0) is 4.79 Å². The Labute approximate surface area is 110 Å². The highest BCUT2D eigenvalue weighted by atomic mass is 19.3. The molecule has 4 nitrogen and oxygen atoms in total. The summed E-state index contributed by atoms with van der Waals surface area (Å²) < 4.78 is 28.3. The van der Waals surface area contributed by atoms with Crippen molar-refractivity contribution in [2.45, 2.75) is 38.3 Å². The van der Waals surface area contributed by atoms with Gasteiger partial charge in [0.2, 0.25) is 0 Å². The lowest BCUT2D eigenvalue weighted by Crippen LogP contribution is -2.29. The van der Waals surface area contributed by atoms with Gasteiger partial charge in [0.25, 0.3) is 0 Å². The van der Waals surface area contributed by atoms with Gasteiger partial charge < -0.3 is 15.6 Å². The first-order valence-electron chi connectivity index (χ1n) is 5.96. The normalized spacial score (nSPS) is 14.2. The van der Waals surface area contributed by atoms with Crippen molar-refractivity contribution in [2.75, 3.05) is 0 Å². The van der Waals surface area contributed by atoms with Crippen LogP contribution in [0, 0.1) is 0 Å². The number of ether oxygens (including phenoxy) is 1. The third kappa shape index (κ3) is 4.82. The molecule has 0 aliphatic carbocycles. The van der Waals surface area contributed by atoms with E-state index in [2.05, 4.69) is 4.74 Å². The molecule has 1 rings (SSSR count). The number of hydrogen-bond acceptors (Lipinski definition) is 3. The summed E-state index contributed by atoms with van der Waals surface area (Å²) in [6.45, 7) is -1.01. The molecule has 0 amide bonds. The maximum atomic E-state index is 12.0. The van der Waals surface area contributed by atoms with Crippen molar-refractivity contribution in [1.29, 1.82) is 0 Å². The number of benzene rings is 1. The van der Waals surface area contributed by atoms with Gasteiger partial charge in [-0.1, -0.05) is 19.1 Å². The van der Waals surface area contributed by atoms with Crippen molar-refractivity contribution in [3.8, 4) is 5.75 Å². The second-order valence-electron chi connectivity index (χ2n) is 4.22. The van der Waals surface area contributed by atoms with E-state index in [4.69, 9.17) is 10.8 Å². The van der Waals surface area contributed by atoms with E-state index in [-0.39, 0.29) is 24.1 Å². The summed E-state index contributed by atoms with van der Waals surface area (Å²) in [6, 6.07) is 5.62. The Kier molecular flexibility index (Phi) is 5.69. The van der Waals surface area contributed by atoms with Crippen molar-refractivity contribution < 1.29 is 23.4 Å². The summed E-state index contributed by atoms with van der Waals surface area (Å²) >= 11 is 0. The second-order valence-corrected chi connectivity index (χ2v) is 4.22. The van der Waals surface area contributed by atoms with Gasteiger partial charge in [0.1, 0.15) is 5.75 Å². The smallest absolute Gasteiger partial charge is 0.387 e. The molecule has 0 saturated carbocycles. The van der Waals surface area contributed by atoms with Gasteiger partial charge in [0.15, 0.2) is 0 Å². The molecule has 6 heteroatoms. The zero-order valence-corrected chi connectivity index (χ0v) is 10.6. The zero-order valence-electron chi connectivity index (χ0n) is 10.6. The number of alkyl halides is 2. The van der Waals surface area contributed by atoms with Gasteiger partial charge in [-0.3, -0.25) is 4.79 Å². The molecule has 1 aromatic carbocycles. The molecule has 0 fully saturated rings. The summed E-state index contributed by atoms with van der Waals surface area (Å²) in [6.07, 6.45) is 0.539. The lowest BCUT2D eigenvalue weighted by molar-refractivity contribution is -0.137. The maximum Gasteiger partial charge on any atom is 0.387 e. The number of carboxylic acid groups (broad SMARTS) is 1. The van der Waals surface area contributed by atoms with Crippen LogP contribution in [0.15, 0.2) is 24.3 Å². The third-order valence-corrected chi connectivity index (χ3v) is 2.92. The lowest BCUT2D eigenvalue weighted by atomic mass is 9.87. The molecular formula is C13H17F2NO3. The fourth-order valence-corrected chi connectivity index (χ4v) is 1.89. The van der Waals surface area contributed by atoms with Gasteiger partial charge in [-0.2, -0.15) is 8.78 Å². The summed E-state index contributed by atoms with van der Waals surface area (Å²) in [4.78, 5) is 10.8. The molecular weight excluding hydrogens is 256 g/mol. The first-order chi connectivity index (χ1) is 8.93. The van der Waals surface area contributed by atoms with Gasteiger partial charge in [-0.25, -0.2) is 0 Å². The Bertz CT molecular complexity index is 409. The minimum absolute atomic E-state index is 0.0397. The Morgan fingerprint density at radius 3 is 2.37 bits per heavy atom. The average molecular weight is 273 g/mol. The van der Waals surface area contributed by atoms with Crippen molar-refractivity contribution in [2.24, 2.45) is 5.73 Å². The van der Waals surface area contributed by atoms with Gasteiger partial charge in [0, 0.05) is 12.0 Å². The highest BCUT2D eigenvalue weighted by Gasteiger charge is 2.21. The Balaban J connectivity index is 2.87. The molecule has 0 heterocycles. The van der Waals surface area contributed by atoms with E-state index in [1.807, 2.05) is 6.92 Å². The fraction of sp³-hybridized carbons (Fsp3) is 0.462. The van der Waals surface area contributed by atoms with Crippen LogP contribution in [0.4, 0.5) is 8.78 Å². The van der Waals surface area contributed by atoms with Crippen LogP contribution in [-0.4, -0.2) is 23.7 Å². The molecule has 0 bridgehead atoms. The average Bonchev–Trinajstić information content (AvgIpc) is 2.35. The minimum Gasteiger partial charge on any atom is -0.481 e. The summed E-state index contributed by atoms with van der Waals surface area (Å²) in [7, 11) is 0. The third-order valence-electron chi connectivity index (χ3n) is 2.92. The number of aliphatic carboxylic acids is 1. The van der Waals surface area contributed by atoms with Crippen LogP contribution in [0.25, 0.3) is 0 Å². The largest absolute Gasteiger partial charge is 0.481 e. The lowest BCUT2D eigenvalue weighted by Gasteiger charge is -2.22. The molecule has 0 aliphatic heterocycles. The molecule has 0 aliphatic rings. The van der Waals surface area contributed by atoms with Crippen LogP contribution in [0.3, 0.4) is 0 Å². The van der Waals surface area contributed by atoms with E-state index in [1.54, 1.807) is 12.1 Å². The van der Waals surface area contributed by atoms with Crippen molar-refractivity contribution in [3.63, 3.8) is 0 Å². The topological polar surface area (TPSA) is 72.6 Å². The van der Waals surface area contributed by atoms with Crippen LogP contribution < -0.4 is 10.5 Å². The monoisotopic (exact) mass is 273 g/mol. The number of rotatable bonds is 7. The van der Waals surface area contributed by atoms with E-state index in [9.17, 15) is 13.6 Å². The van der Waals surface area contributed by atoms with Crippen molar-refractivity contribution in [3.05, 3.63) is 29.8 Å². The van der Waals surface area contributed by atoms with Crippen LogP contribution in [0.5, 0.6) is 5.75 Å². The molecule has 3 N–H and O–H groups in total. The van der Waals surface area contributed by atoms with Gasteiger partial charge in [0.05, 0.1) is 6.42 Å². The van der Waals surface area contributed by atoms with Crippen LogP contribution in [0.1, 0.15) is 31.2 Å². The molecule has 106 valence electrons. The summed E-state index contributed by atoms with van der Waals surface area (Å²) in [5.41, 5.74) is 6.61. The predicted octanol–water partition coefficient (Wildman–Crippen LogP) is 2.58. The number of carboxylic acids is 1. The standard InChI is InChI=1S/C13H17F2NO3/c1-2-11(16)10(7-12(17)18)8-3-5-9(6-4-8)19-13(14)15/h3-6,10-11,13H,2,7,16H2,1H3,(H,17,18). The molecule has 0 aromatic heterocycles. The molecule has 2 unspecified atom stereocenters. The molecule has 0 spiro atoms. The number of halogens is 2. The van der Waals surface area contributed by atoms with Crippen LogP contribution in [0.2, 0.25) is 0 Å². The second kappa shape index (κ2) is 7.04. The molecule has 0 saturated heterocycles. The Morgan fingerprint density at radius 1 is 1.37 bits per heavy atom. The van der Waals surface area contributed by atoms with Crippen molar-refractivity contribution in [1.82, 2.24) is 0 Å². The Hall–Kier alpha value is -1.69. The minimum atomic E-state index is -2.88. The zero-order chi connectivity index (χ0) is 14.4. The van der Waals surface area contributed by atoms with Gasteiger partial charge in [-0.15, -0.1) is 0 Å². The number of hydrogen-bond donors (Lipinski definition) is 2. The molecule has 2 atom stereocenters. The van der Waals surface area contributed by atoms with E-state index in [0.717, 1.165) is 0 Å². The van der Waals surface area contributed by atoms with E-state index >= 15 is 0 Å². The van der Waals surface area contributed by atoms with Crippen LogP contribution >= 0.6 is 0 Å². The van der Waals surface area contributed by atoms with Crippen molar-refractivity contribution >= 4 is 5.97 Å².